The van der Waals surface area contributed by atoms with Gasteiger partial charge in [0.15, 0.2) is 5.96 Å². The maximum absolute atomic E-state index is 12.0. The lowest BCUT2D eigenvalue weighted by atomic mass is 9.92. The van der Waals surface area contributed by atoms with Crippen molar-refractivity contribution in [3.8, 4) is 0 Å². The molecule has 142 valence electrons. The molecule has 0 fully saturated rings. The Balaban J connectivity index is 0.00000576. The minimum atomic E-state index is -0.541. The van der Waals surface area contributed by atoms with E-state index in [0.717, 1.165) is 5.56 Å². The first-order valence-corrected chi connectivity index (χ1v) is 8.67. The Labute approximate surface area is 177 Å². The van der Waals surface area contributed by atoms with E-state index >= 15 is 0 Å². The van der Waals surface area contributed by atoms with Crippen LogP contribution in [-0.2, 0) is 4.79 Å². The molecule has 0 aliphatic heterocycles. The Bertz CT molecular complexity index is 608. The Morgan fingerprint density at radius 2 is 1.88 bits per heavy atom. The Morgan fingerprint density at radius 3 is 2.40 bits per heavy atom. The first-order valence-electron chi connectivity index (χ1n) is 7.91. The Hall–Kier alpha value is -0.730. The van der Waals surface area contributed by atoms with Gasteiger partial charge in [0.25, 0.3) is 0 Å². The molecule has 1 aromatic rings. The highest BCUT2D eigenvalue weighted by Gasteiger charge is 2.27. The quantitative estimate of drug-likeness (QED) is 0.314. The second kappa shape index (κ2) is 11.1. The van der Waals surface area contributed by atoms with Crippen LogP contribution in [0.4, 0.5) is 0 Å². The first kappa shape index (κ1) is 24.3. The summed E-state index contributed by atoms with van der Waals surface area (Å²) >= 11 is 12.0. The van der Waals surface area contributed by atoms with Crippen molar-refractivity contribution in [1.29, 1.82) is 0 Å². The molecule has 0 aliphatic carbocycles. The molecule has 0 heterocycles. The molecule has 0 aromatic heterocycles. The normalized spacial score (nSPS) is 12.8. The van der Waals surface area contributed by atoms with Crippen LogP contribution in [0.25, 0.3) is 0 Å². The van der Waals surface area contributed by atoms with Crippen LogP contribution in [0.1, 0.15) is 39.3 Å². The van der Waals surface area contributed by atoms with Crippen LogP contribution in [-0.4, -0.2) is 32.0 Å². The van der Waals surface area contributed by atoms with Crippen molar-refractivity contribution in [1.82, 2.24) is 16.0 Å². The highest BCUT2D eigenvalue weighted by molar-refractivity contribution is 14.0. The summed E-state index contributed by atoms with van der Waals surface area (Å²) in [4.78, 5) is 16.2. The van der Waals surface area contributed by atoms with Crippen molar-refractivity contribution in [3.63, 3.8) is 0 Å². The van der Waals surface area contributed by atoms with E-state index in [4.69, 9.17) is 23.2 Å². The summed E-state index contributed by atoms with van der Waals surface area (Å²) in [6.07, 6.45) is 0. The van der Waals surface area contributed by atoms with E-state index in [1.807, 2.05) is 39.8 Å². The van der Waals surface area contributed by atoms with Crippen LogP contribution in [0.5, 0.6) is 0 Å². The third-order valence-electron chi connectivity index (χ3n) is 3.67. The van der Waals surface area contributed by atoms with Gasteiger partial charge in [0.2, 0.25) is 5.91 Å². The third kappa shape index (κ3) is 7.58. The van der Waals surface area contributed by atoms with E-state index in [1.165, 1.54) is 0 Å². The molecular weight excluding hydrogens is 474 g/mol. The molecule has 1 rings (SSSR count). The van der Waals surface area contributed by atoms with Crippen molar-refractivity contribution >= 4 is 59.0 Å². The summed E-state index contributed by atoms with van der Waals surface area (Å²) in [7, 11) is 1.69. The first-order chi connectivity index (χ1) is 11.2. The number of nitrogens with zero attached hydrogens (tertiary/aromatic N) is 1. The van der Waals surface area contributed by atoms with Gasteiger partial charge in [-0.15, -0.1) is 24.0 Å². The minimum Gasteiger partial charge on any atom is -0.356 e. The predicted octanol–water partition coefficient (Wildman–Crippen LogP) is 4.00. The molecule has 1 amide bonds. The van der Waals surface area contributed by atoms with Crippen molar-refractivity contribution in [2.75, 3.05) is 20.1 Å². The molecule has 5 nitrogen and oxygen atoms in total. The number of hydrogen-bond acceptors (Lipinski definition) is 2. The highest BCUT2D eigenvalue weighted by atomic mass is 127. The van der Waals surface area contributed by atoms with Crippen LogP contribution >= 0.6 is 47.2 Å². The zero-order valence-corrected chi connectivity index (χ0v) is 19.1. The fraction of sp³-hybridized carbons (Fsp3) is 0.529. The van der Waals surface area contributed by atoms with Gasteiger partial charge in [-0.1, -0.05) is 29.3 Å². The molecule has 0 saturated heterocycles. The number of aliphatic imine (C=N–C) groups is 1. The topological polar surface area (TPSA) is 65.5 Å². The average Bonchev–Trinajstić information content (AvgIpc) is 2.53. The molecule has 0 spiro atoms. The SMILES string of the molecule is CCNC(=O)C(C)(C)CNC(=NC)NC(C)c1ccc(Cl)c(Cl)c1.I. The van der Waals surface area contributed by atoms with E-state index in [-0.39, 0.29) is 35.9 Å². The smallest absolute Gasteiger partial charge is 0.227 e. The summed E-state index contributed by atoms with van der Waals surface area (Å²) < 4.78 is 0. The van der Waals surface area contributed by atoms with Gasteiger partial charge >= 0.3 is 0 Å². The number of nitrogens with one attached hydrogen (secondary N) is 3. The fourth-order valence-electron chi connectivity index (χ4n) is 2.05. The van der Waals surface area contributed by atoms with Crippen LogP contribution in [0.15, 0.2) is 23.2 Å². The molecule has 1 unspecified atom stereocenters. The van der Waals surface area contributed by atoms with Gasteiger partial charge in [0.05, 0.1) is 21.5 Å². The predicted molar refractivity (Wildman–Crippen MR) is 117 cm³/mol. The van der Waals surface area contributed by atoms with Gasteiger partial charge < -0.3 is 16.0 Å². The maximum Gasteiger partial charge on any atom is 0.227 e. The highest BCUT2D eigenvalue weighted by Crippen LogP contribution is 2.25. The Kier molecular flexibility index (Phi) is 10.8. The number of guanidine groups is 1. The number of benzene rings is 1. The van der Waals surface area contributed by atoms with Gasteiger partial charge in [0.1, 0.15) is 0 Å². The average molecular weight is 501 g/mol. The van der Waals surface area contributed by atoms with E-state index in [1.54, 1.807) is 13.1 Å². The van der Waals surface area contributed by atoms with E-state index in [9.17, 15) is 4.79 Å². The lowest BCUT2D eigenvalue weighted by molar-refractivity contribution is -0.128. The molecule has 0 aliphatic rings. The van der Waals surface area contributed by atoms with Crippen molar-refractivity contribution in [2.24, 2.45) is 10.4 Å². The van der Waals surface area contributed by atoms with Gasteiger partial charge in [-0.25, -0.2) is 0 Å². The molecule has 3 N–H and O–H groups in total. The summed E-state index contributed by atoms with van der Waals surface area (Å²) in [6.45, 7) is 8.76. The lowest BCUT2D eigenvalue weighted by Gasteiger charge is -2.26. The molecule has 1 aromatic carbocycles. The molecule has 8 heteroatoms. The summed E-state index contributed by atoms with van der Waals surface area (Å²) in [5, 5.41) is 10.4. The maximum atomic E-state index is 12.0. The summed E-state index contributed by atoms with van der Waals surface area (Å²) in [5.41, 5.74) is 0.454. The summed E-state index contributed by atoms with van der Waals surface area (Å²) in [5.74, 6) is 0.622. The molecule has 0 saturated carbocycles. The van der Waals surface area contributed by atoms with E-state index < -0.39 is 5.41 Å². The monoisotopic (exact) mass is 500 g/mol. The molecule has 0 radical (unpaired) electrons. The van der Waals surface area contributed by atoms with Crippen LogP contribution in [0, 0.1) is 5.41 Å². The minimum absolute atomic E-state index is 0. The number of rotatable bonds is 6. The van der Waals surface area contributed by atoms with Gasteiger partial charge in [-0.2, -0.15) is 0 Å². The second-order valence-electron chi connectivity index (χ2n) is 6.21. The second-order valence-corrected chi connectivity index (χ2v) is 7.02. The zero-order chi connectivity index (χ0) is 18.3. The molecule has 25 heavy (non-hydrogen) atoms. The Morgan fingerprint density at radius 1 is 1.24 bits per heavy atom. The van der Waals surface area contributed by atoms with Gasteiger partial charge in [-0.3, -0.25) is 9.79 Å². The molecule has 0 bridgehead atoms. The van der Waals surface area contributed by atoms with E-state index in [2.05, 4.69) is 20.9 Å². The van der Waals surface area contributed by atoms with E-state index in [0.29, 0.717) is 29.1 Å². The van der Waals surface area contributed by atoms with Crippen LogP contribution in [0.3, 0.4) is 0 Å². The molecule has 1 atom stereocenters. The van der Waals surface area contributed by atoms with Crippen LogP contribution in [0.2, 0.25) is 10.0 Å². The van der Waals surface area contributed by atoms with Gasteiger partial charge in [-0.05, 0) is 45.4 Å². The largest absolute Gasteiger partial charge is 0.356 e. The van der Waals surface area contributed by atoms with Crippen molar-refractivity contribution < 1.29 is 4.79 Å². The number of carbonyl (C=O) groups is 1. The zero-order valence-electron chi connectivity index (χ0n) is 15.2. The number of amides is 1. The third-order valence-corrected chi connectivity index (χ3v) is 4.41. The van der Waals surface area contributed by atoms with Crippen molar-refractivity contribution in [2.45, 2.75) is 33.7 Å². The fourth-order valence-corrected chi connectivity index (χ4v) is 2.36. The summed E-state index contributed by atoms with van der Waals surface area (Å²) in [6, 6.07) is 5.50. The number of carbonyl (C=O) groups excluding carboxylic acids is 1. The van der Waals surface area contributed by atoms with Crippen molar-refractivity contribution in [3.05, 3.63) is 33.8 Å². The number of hydrogen-bond donors (Lipinski definition) is 3. The molecular formula is C17H27Cl2IN4O. The standard InChI is InChI=1S/C17H26Cl2N4O.HI/c1-6-21-15(24)17(3,4)10-22-16(20-5)23-11(2)12-7-8-13(18)14(19)9-12;/h7-9,11H,6,10H2,1-5H3,(H,21,24)(H2,20,22,23);1H. The van der Waals surface area contributed by atoms with Gasteiger partial charge in [0, 0.05) is 20.1 Å². The lowest BCUT2D eigenvalue weighted by Crippen LogP contribution is -2.48. The van der Waals surface area contributed by atoms with Crippen LogP contribution < -0.4 is 16.0 Å². The number of halogens is 3.